The number of carbonyl (C=O) groups excluding carboxylic acids is 1. The Balaban J connectivity index is 1.90. The molecule has 0 bridgehead atoms. The number of nitrogens with two attached hydrogens (primary N) is 1. The number of hydrogen-bond donors (Lipinski definition) is 2. The van der Waals surface area contributed by atoms with E-state index in [1.165, 1.54) is 18.6 Å². The summed E-state index contributed by atoms with van der Waals surface area (Å²) in [6.45, 7) is 1.82. The molecule has 3 aromatic rings. The molecule has 2 unspecified atom stereocenters. The van der Waals surface area contributed by atoms with Crippen molar-refractivity contribution in [3.05, 3.63) is 100 Å². The number of halogens is 1. The lowest BCUT2D eigenvalue weighted by Crippen LogP contribution is -2.33. The van der Waals surface area contributed by atoms with Gasteiger partial charge in [-0.25, -0.2) is 4.79 Å². The number of carbonyl (C=O) groups is 2. The van der Waals surface area contributed by atoms with Crippen LogP contribution in [0.15, 0.2) is 72.8 Å². The molecule has 3 aromatic carbocycles. The number of carboxylic acids is 1. The second-order valence-electron chi connectivity index (χ2n) is 8.42. The molecule has 1 fully saturated rings. The van der Waals surface area contributed by atoms with Gasteiger partial charge < -0.3 is 15.7 Å². The molecule has 0 saturated carbocycles. The average Bonchev–Trinajstić information content (AvgIpc) is 2.83. The first-order valence-electron chi connectivity index (χ1n) is 11.2. The molecular formula is C27H27ClN2O3. The maximum atomic E-state index is 12.9. The van der Waals surface area contributed by atoms with Gasteiger partial charge in [-0.1, -0.05) is 66.2 Å². The topological polar surface area (TPSA) is 83.6 Å². The lowest BCUT2D eigenvalue weighted by Gasteiger charge is -2.35. The first kappa shape index (κ1) is 22.9. The summed E-state index contributed by atoms with van der Waals surface area (Å²) in [5.74, 6) is -2.57. The minimum absolute atomic E-state index is 0.162. The number of carboxylic acid groups (broad SMARTS) is 1. The Hall–Kier alpha value is -3.31. The normalized spacial score (nSPS) is 15.6. The third kappa shape index (κ3) is 4.88. The highest BCUT2D eigenvalue weighted by molar-refractivity contribution is 6.33. The van der Waals surface area contributed by atoms with Gasteiger partial charge in [-0.05, 0) is 54.2 Å². The van der Waals surface area contributed by atoms with E-state index in [2.05, 4.69) is 4.90 Å². The summed E-state index contributed by atoms with van der Waals surface area (Å²) >= 11 is 6.76. The molecule has 0 spiro atoms. The third-order valence-corrected chi connectivity index (χ3v) is 6.65. The number of primary amides is 1. The molecule has 1 amide bonds. The van der Waals surface area contributed by atoms with Crippen LogP contribution in [-0.2, 0) is 4.79 Å². The molecule has 1 aliphatic heterocycles. The van der Waals surface area contributed by atoms with Crippen LogP contribution in [0, 0.1) is 0 Å². The van der Waals surface area contributed by atoms with Crippen molar-refractivity contribution < 1.29 is 14.7 Å². The van der Waals surface area contributed by atoms with Crippen LogP contribution in [0.5, 0.6) is 0 Å². The first-order valence-corrected chi connectivity index (χ1v) is 11.6. The molecular weight excluding hydrogens is 436 g/mol. The third-order valence-electron chi connectivity index (χ3n) is 6.34. The smallest absolute Gasteiger partial charge is 0.335 e. The number of nitrogens with zero attached hydrogens (tertiary/aromatic N) is 1. The maximum Gasteiger partial charge on any atom is 0.335 e. The summed E-state index contributed by atoms with van der Waals surface area (Å²) in [4.78, 5) is 26.6. The van der Waals surface area contributed by atoms with Crippen LogP contribution in [-0.4, -0.2) is 30.1 Å². The van der Waals surface area contributed by atoms with E-state index in [0.717, 1.165) is 42.7 Å². The largest absolute Gasteiger partial charge is 0.478 e. The molecule has 4 rings (SSSR count). The minimum Gasteiger partial charge on any atom is -0.478 e. The van der Waals surface area contributed by atoms with Gasteiger partial charge in [0.2, 0.25) is 5.91 Å². The molecule has 3 N–H and O–H groups in total. The van der Waals surface area contributed by atoms with E-state index in [4.69, 9.17) is 17.3 Å². The van der Waals surface area contributed by atoms with Crippen LogP contribution < -0.4 is 10.6 Å². The van der Waals surface area contributed by atoms with Gasteiger partial charge in [0, 0.05) is 19.0 Å². The predicted octanol–water partition coefficient (Wildman–Crippen LogP) is 5.43. The van der Waals surface area contributed by atoms with Crippen LogP contribution in [0.25, 0.3) is 0 Å². The molecule has 1 aliphatic rings. The van der Waals surface area contributed by atoms with E-state index in [9.17, 15) is 14.7 Å². The van der Waals surface area contributed by atoms with Gasteiger partial charge in [-0.2, -0.15) is 0 Å². The van der Waals surface area contributed by atoms with Crippen molar-refractivity contribution in [3.63, 3.8) is 0 Å². The Bertz CT molecular complexity index is 1130. The molecule has 0 aromatic heterocycles. The maximum absolute atomic E-state index is 12.9. The van der Waals surface area contributed by atoms with Crippen molar-refractivity contribution in [3.8, 4) is 0 Å². The summed E-state index contributed by atoms with van der Waals surface area (Å²) in [7, 11) is 0. The zero-order valence-corrected chi connectivity index (χ0v) is 19.0. The number of rotatable bonds is 7. The van der Waals surface area contributed by atoms with Crippen LogP contribution in [0.2, 0.25) is 5.02 Å². The van der Waals surface area contributed by atoms with Gasteiger partial charge in [0.15, 0.2) is 0 Å². The van der Waals surface area contributed by atoms with Crippen LogP contribution in [0.3, 0.4) is 0 Å². The number of amides is 1. The first-order chi connectivity index (χ1) is 16.0. The highest BCUT2D eigenvalue weighted by Crippen LogP contribution is 2.45. The van der Waals surface area contributed by atoms with Gasteiger partial charge in [0.05, 0.1) is 22.2 Å². The molecule has 1 heterocycles. The Morgan fingerprint density at radius 3 is 2.12 bits per heavy atom. The van der Waals surface area contributed by atoms with Crippen molar-refractivity contribution in [2.75, 3.05) is 18.0 Å². The fourth-order valence-corrected chi connectivity index (χ4v) is 5.10. The van der Waals surface area contributed by atoms with E-state index in [1.54, 1.807) is 12.1 Å². The second-order valence-corrected chi connectivity index (χ2v) is 8.83. The molecule has 6 heteroatoms. The van der Waals surface area contributed by atoms with Crippen LogP contribution in [0.4, 0.5) is 5.69 Å². The number of hydrogen-bond acceptors (Lipinski definition) is 3. The number of piperidine rings is 1. The van der Waals surface area contributed by atoms with Crippen LogP contribution >= 0.6 is 11.6 Å². The van der Waals surface area contributed by atoms with Crippen LogP contribution in [0.1, 0.15) is 58.1 Å². The monoisotopic (exact) mass is 462 g/mol. The number of benzene rings is 3. The van der Waals surface area contributed by atoms with E-state index in [-0.39, 0.29) is 11.5 Å². The molecule has 1 saturated heterocycles. The average molecular weight is 463 g/mol. The molecule has 2 atom stereocenters. The number of aromatic carboxylic acids is 1. The Kier molecular flexibility index (Phi) is 6.99. The number of para-hydroxylation sites is 1. The molecule has 33 heavy (non-hydrogen) atoms. The fourth-order valence-electron chi connectivity index (χ4n) is 4.80. The van der Waals surface area contributed by atoms with E-state index >= 15 is 0 Å². The summed E-state index contributed by atoms with van der Waals surface area (Å²) < 4.78 is 0. The highest BCUT2D eigenvalue weighted by Gasteiger charge is 2.34. The SMILES string of the molecule is NC(=O)C(c1ccc(C(=O)O)cc1)C(c1ccccc1)c1cccc(Cl)c1N1CCCCC1. The fraction of sp³-hybridized carbons (Fsp3) is 0.259. The highest BCUT2D eigenvalue weighted by atomic mass is 35.5. The summed E-state index contributed by atoms with van der Waals surface area (Å²) in [6, 6.07) is 22.0. The van der Waals surface area contributed by atoms with Gasteiger partial charge in [-0.3, -0.25) is 4.79 Å². The van der Waals surface area contributed by atoms with E-state index in [1.807, 2.05) is 48.5 Å². The summed E-state index contributed by atoms with van der Waals surface area (Å²) in [5, 5.41) is 9.94. The van der Waals surface area contributed by atoms with Gasteiger partial charge in [0.1, 0.15) is 0 Å². The van der Waals surface area contributed by atoms with E-state index < -0.39 is 17.8 Å². The van der Waals surface area contributed by atoms with Crippen molar-refractivity contribution >= 4 is 29.2 Å². The van der Waals surface area contributed by atoms with Gasteiger partial charge in [-0.15, -0.1) is 0 Å². The zero-order chi connectivity index (χ0) is 23.4. The zero-order valence-electron chi connectivity index (χ0n) is 18.3. The lowest BCUT2D eigenvalue weighted by molar-refractivity contribution is -0.119. The molecule has 0 radical (unpaired) electrons. The van der Waals surface area contributed by atoms with Crippen molar-refractivity contribution in [1.82, 2.24) is 0 Å². The minimum atomic E-state index is -1.01. The van der Waals surface area contributed by atoms with Crippen molar-refractivity contribution in [1.29, 1.82) is 0 Å². The standard InChI is InChI=1S/C27H27ClN2O3/c28-22-11-7-10-21(25(22)30-16-5-2-6-17-30)23(18-8-3-1-4-9-18)24(26(29)31)19-12-14-20(15-13-19)27(32)33/h1,3-4,7-15,23-24H,2,5-6,16-17H2,(H2,29,31)(H,32,33). The second kappa shape index (κ2) is 10.1. The Morgan fingerprint density at radius 1 is 0.848 bits per heavy atom. The molecule has 5 nitrogen and oxygen atoms in total. The lowest BCUT2D eigenvalue weighted by atomic mass is 9.76. The molecule has 0 aliphatic carbocycles. The Labute approximate surface area is 198 Å². The van der Waals surface area contributed by atoms with E-state index in [0.29, 0.717) is 10.6 Å². The summed E-state index contributed by atoms with van der Waals surface area (Å²) in [6.07, 6.45) is 3.38. The summed E-state index contributed by atoms with van der Waals surface area (Å²) in [5.41, 5.74) is 9.68. The number of anilines is 1. The predicted molar refractivity (Wildman–Crippen MR) is 131 cm³/mol. The van der Waals surface area contributed by atoms with Crippen molar-refractivity contribution in [2.45, 2.75) is 31.1 Å². The molecule has 170 valence electrons. The quantitative estimate of drug-likeness (QED) is 0.490. The van der Waals surface area contributed by atoms with Gasteiger partial charge >= 0.3 is 5.97 Å². The Morgan fingerprint density at radius 2 is 1.52 bits per heavy atom. The van der Waals surface area contributed by atoms with Gasteiger partial charge in [0.25, 0.3) is 0 Å². The van der Waals surface area contributed by atoms with Crippen molar-refractivity contribution in [2.24, 2.45) is 5.73 Å².